The Kier molecular flexibility index (Phi) is 3.47. The highest BCUT2D eigenvalue weighted by molar-refractivity contribution is 5.94. The van der Waals surface area contributed by atoms with E-state index in [0.717, 1.165) is 5.69 Å². The van der Waals surface area contributed by atoms with Gasteiger partial charge in [0.15, 0.2) is 5.78 Å². The van der Waals surface area contributed by atoms with Crippen LogP contribution >= 0.6 is 0 Å². The van der Waals surface area contributed by atoms with Crippen molar-refractivity contribution in [2.45, 2.75) is 6.92 Å². The zero-order valence-electron chi connectivity index (χ0n) is 11.4. The van der Waals surface area contributed by atoms with Crippen LogP contribution in [0.15, 0.2) is 60.9 Å². The molecule has 1 heterocycles. The van der Waals surface area contributed by atoms with E-state index >= 15 is 0 Å². The van der Waals surface area contributed by atoms with E-state index in [-0.39, 0.29) is 11.8 Å². The molecule has 0 aliphatic carbocycles. The molecule has 0 saturated carbocycles. The summed E-state index contributed by atoms with van der Waals surface area (Å²) >= 11 is 0. The number of benzene rings is 2. The average Bonchev–Trinajstić information content (AvgIpc) is 2.97. The Morgan fingerprint density at radius 2 is 1.76 bits per heavy atom. The Balaban J connectivity index is 1.77. The Morgan fingerprint density at radius 3 is 2.43 bits per heavy atom. The second-order valence-electron chi connectivity index (χ2n) is 4.49. The molecule has 0 atom stereocenters. The molecular formula is C16H13N3O2. The van der Waals surface area contributed by atoms with Gasteiger partial charge in [0.1, 0.15) is 12.1 Å². The Morgan fingerprint density at radius 1 is 1.05 bits per heavy atom. The van der Waals surface area contributed by atoms with Gasteiger partial charge in [-0.2, -0.15) is 4.98 Å². The molecular weight excluding hydrogens is 266 g/mol. The maximum Gasteiger partial charge on any atom is 0.341 e. The van der Waals surface area contributed by atoms with Crippen LogP contribution in [0.5, 0.6) is 11.8 Å². The van der Waals surface area contributed by atoms with Crippen LogP contribution in [0.2, 0.25) is 0 Å². The lowest BCUT2D eigenvalue weighted by atomic mass is 10.1. The van der Waals surface area contributed by atoms with Gasteiger partial charge in [-0.25, -0.2) is 4.68 Å². The predicted octanol–water partition coefficient (Wildman–Crippen LogP) is 3.26. The number of rotatable bonds is 4. The second-order valence-corrected chi connectivity index (χ2v) is 4.49. The largest absolute Gasteiger partial charge is 0.423 e. The monoisotopic (exact) mass is 279 g/mol. The van der Waals surface area contributed by atoms with E-state index in [1.54, 1.807) is 35.3 Å². The van der Waals surface area contributed by atoms with Gasteiger partial charge in [0.25, 0.3) is 0 Å². The lowest BCUT2D eigenvalue weighted by Gasteiger charge is -2.02. The van der Waals surface area contributed by atoms with Gasteiger partial charge in [0, 0.05) is 5.56 Å². The van der Waals surface area contributed by atoms with Crippen molar-refractivity contribution in [2.24, 2.45) is 0 Å². The van der Waals surface area contributed by atoms with Crippen LogP contribution in [-0.4, -0.2) is 20.5 Å². The number of carbonyl (C=O) groups is 1. The summed E-state index contributed by atoms with van der Waals surface area (Å²) in [6, 6.07) is 16.8. The molecule has 0 aliphatic heterocycles. The maximum absolute atomic E-state index is 11.2. The normalized spacial score (nSPS) is 10.3. The van der Waals surface area contributed by atoms with Gasteiger partial charge in [-0.3, -0.25) is 4.79 Å². The van der Waals surface area contributed by atoms with Gasteiger partial charge >= 0.3 is 6.01 Å². The van der Waals surface area contributed by atoms with Gasteiger partial charge in [-0.1, -0.05) is 18.2 Å². The summed E-state index contributed by atoms with van der Waals surface area (Å²) in [5.41, 5.74) is 1.55. The Labute approximate surface area is 121 Å². The lowest BCUT2D eigenvalue weighted by Crippen LogP contribution is -1.95. The van der Waals surface area contributed by atoms with E-state index in [4.69, 9.17) is 4.74 Å². The zero-order valence-corrected chi connectivity index (χ0v) is 11.4. The summed E-state index contributed by atoms with van der Waals surface area (Å²) in [5.74, 6) is 0.610. The third kappa shape index (κ3) is 2.97. The van der Waals surface area contributed by atoms with E-state index < -0.39 is 0 Å². The van der Waals surface area contributed by atoms with Crippen molar-refractivity contribution in [1.29, 1.82) is 0 Å². The zero-order chi connectivity index (χ0) is 14.7. The molecule has 0 radical (unpaired) electrons. The van der Waals surface area contributed by atoms with Crippen molar-refractivity contribution in [1.82, 2.24) is 14.8 Å². The highest BCUT2D eigenvalue weighted by Crippen LogP contribution is 2.19. The van der Waals surface area contributed by atoms with Gasteiger partial charge in [-0.15, -0.1) is 5.10 Å². The lowest BCUT2D eigenvalue weighted by molar-refractivity contribution is 0.101. The van der Waals surface area contributed by atoms with E-state index in [9.17, 15) is 4.79 Å². The topological polar surface area (TPSA) is 57.0 Å². The van der Waals surface area contributed by atoms with Gasteiger partial charge < -0.3 is 4.74 Å². The molecule has 0 saturated heterocycles. The number of hydrogen-bond acceptors (Lipinski definition) is 4. The molecule has 2 aromatic carbocycles. The van der Waals surface area contributed by atoms with Crippen molar-refractivity contribution in [3.63, 3.8) is 0 Å². The van der Waals surface area contributed by atoms with Crippen LogP contribution in [0.4, 0.5) is 0 Å². The average molecular weight is 279 g/mol. The first-order valence-electron chi connectivity index (χ1n) is 6.48. The van der Waals surface area contributed by atoms with Crippen LogP contribution in [0.1, 0.15) is 17.3 Å². The highest BCUT2D eigenvalue weighted by Gasteiger charge is 2.06. The van der Waals surface area contributed by atoms with Crippen molar-refractivity contribution in [3.05, 3.63) is 66.5 Å². The van der Waals surface area contributed by atoms with Gasteiger partial charge in [-0.05, 0) is 43.3 Å². The molecule has 0 unspecified atom stereocenters. The van der Waals surface area contributed by atoms with E-state index in [1.165, 1.54) is 6.92 Å². The Bertz CT molecular complexity index is 749. The fraction of sp³-hybridized carbons (Fsp3) is 0.0625. The summed E-state index contributed by atoms with van der Waals surface area (Å²) in [5, 5.41) is 4.25. The first-order chi connectivity index (χ1) is 10.2. The second kappa shape index (κ2) is 5.58. The number of ether oxygens (including phenoxy) is 1. The van der Waals surface area contributed by atoms with Crippen molar-refractivity contribution in [2.75, 3.05) is 0 Å². The first kappa shape index (κ1) is 13.1. The molecule has 3 rings (SSSR count). The highest BCUT2D eigenvalue weighted by atomic mass is 16.5. The quantitative estimate of drug-likeness (QED) is 0.688. The number of hydrogen-bond donors (Lipinski definition) is 0. The minimum absolute atomic E-state index is 0.0213. The van der Waals surface area contributed by atoms with E-state index in [1.807, 2.05) is 30.3 Å². The third-order valence-corrected chi connectivity index (χ3v) is 2.96. The molecule has 0 bridgehead atoms. The molecule has 5 nitrogen and oxygen atoms in total. The van der Waals surface area contributed by atoms with Crippen LogP contribution < -0.4 is 4.74 Å². The van der Waals surface area contributed by atoms with Crippen molar-refractivity contribution >= 4 is 5.78 Å². The number of aromatic nitrogens is 3. The van der Waals surface area contributed by atoms with Gasteiger partial charge in [0.05, 0.1) is 5.69 Å². The summed E-state index contributed by atoms with van der Waals surface area (Å²) in [6.45, 7) is 1.53. The summed E-state index contributed by atoms with van der Waals surface area (Å²) in [6.07, 6.45) is 1.59. The molecule has 3 aromatic rings. The molecule has 21 heavy (non-hydrogen) atoms. The van der Waals surface area contributed by atoms with Crippen LogP contribution in [0, 0.1) is 0 Å². The summed E-state index contributed by atoms with van der Waals surface area (Å²) in [7, 11) is 0. The molecule has 104 valence electrons. The number of para-hydroxylation sites is 1. The number of Topliss-reactive ketones (excluding diaryl/α,β-unsaturated/α-hetero) is 1. The van der Waals surface area contributed by atoms with Crippen molar-refractivity contribution in [3.8, 4) is 17.4 Å². The minimum Gasteiger partial charge on any atom is -0.423 e. The maximum atomic E-state index is 11.2. The van der Waals surface area contributed by atoms with Crippen LogP contribution in [0.3, 0.4) is 0 Å². The Hall–Kier alpha value is -2.95. The van der Waals surface area contributed by atoms with Crippen LogP contribution in [-0.2, 0) is 0 Å². The molecule has 0 fully saturated rings. The smallest absolute Gasteiger partial charge is 0.341 e. The minimum atomic E-state index is 0.0213. The molecule has 0 spiro atoms. The fourth-order valence-electron chi connectivity index (χ4n) is 1.86. The fourth-order valence-corrected chi connectivity index (χ4v) is 1.86. The molecule has 0 N–H and O–H groups in total. The number of ketones is 1. The summed E-state index contributed by atoms with van der Waals surface area (Å²) < 4.78 is 7.20. The third-order valence-electron chi connectivity index (χ3n) is 2.96. The molecule has 0 amide bonds. The SMILES string of the molecule is CC(=O)c1ccc(Oc2ncn(-c3ccccc3)n2)cc1. The summed E-state index contributed by atoms with van der Waals surface area (Å²) in [4.78, 5) is 15.3. The standard InChI is InChI=1S/C16H13N3O2/c1-12(20)13-7-9-15(10-8-13)21-16-17-11-19(18-16)14-5-3-2-4-6-14/h2-11H,1H3. The predicted molar refractivity (Wildman–Crippen MR) is 77.9 cm³/mol. The number of carbonyl (C=O) groups excluding carboxylic acids is 1. The van der Waals surface area contributed by atoms with E-state index in [2.05, 4.69) is 10.1 Å². The molecule has 1 aromatic heterocycles. The molecule has 0 aliphatic rings. The first-order valence-corrected chi connectivity index (χ1v) is 6.48. The van der Waals surface area contributed by atoms with E-state index in [0.29, 0.717) is 11.3 Å². The number of nitrogens with zero attached hydrogens (tertiary/aromatic N) is 3. The molecule has 5 heteroatoms. The van der Waals surface area contributed by atoms with Crippen molar-refractivity contribution < 1.29 is 9.53 Å². The van der Waals surface area contributed by atoms with Crippen LogP contribution in [0.25, 0.3) is 5.69 Å². The van der Waals surface area contributed by atoms with Gasteiger partial charge in [0.2, 0.25) is 0 Å².